The van der Waals surface area contributed by atoms with Gasteiger partial charge < -0.3 is 15.5 Å². The number of amides is 1. The van der Waals surface area contributed by atoms with E-state index in [2.05, 4.69) is 10.6 Å². The largest absolute Gasteiger partial charge is 0.416 e. The fourth-order valence-corrected chi connectivity index (χ4v) is 4.83. The number of benzene rings is 2. The van der Waals surface area contributed by atoms with Crippen molar-refractivity contribution < 1.29 is 26.4 Å². The van der Waals surface area contributed by atoms with E-state index in [9.17, 15) is 26.4 Å². The second-order valence-corrected chi connectivity index (χ2v) is 9.64. The Morgan fingerprint density at radius 3 is 2.21 bits per heavy atom. The fourth-order valence-electron chi connectivity index (χ4n) is 3.20. The molecular weight excluding hydrogens is 457 g/mol. The summed E-state index contributed by atoms with van der Waals surface area (Å²) in [5.41, 5.74) is 1.41. The molecule has 1 heterocycles. The normalized spacial score (nSPS) is 17.0. The van der Waals surface area contributed by atoms with Gasteiger partial charge in [0, 0.05) is 52.0 Å². The Balaban J connectivity index is 0.000000257. The van der Waals surface area contributed by atoms with Crippen LogP contribution in [0.4, 0.5) is 18.9 Å². The van der Waals surface area contributed by atoms with Crippen LogP contribution in [0.25, 0.3) is 0 Å². The number of sulfonamides is 1. The molecule has 2 N–H and O–H groups in total. The molecule has 3 rings (SSSR count). The van der Waals surface area contributed by atoms with E-state index in [0.717, 1.165) is 35.5 Å². The first-order chi connectivity index (χ1) is 15.5. The van der Waals surface area contributed by atoms with Gasteiger partial charge in [-0.2, -0.15) is 17.5 Å². The minimum absolute atomic E-state index is 0.112. The highest BCUT2D eigenvalue weighted by Crippen LogP contribution is 2.30. The van der Waals surface area contributed by atoms with Crippen LogP contribution in [0, 0.1) is 0 Å². The summed E-state index contributed by atoms with van der Waals surface area (Å²) >= 11 is 0. The molecule has 1 saturated heterocycles. The second kappa shape index (κ2) is 11.5. The molecule has 11 heteroatoms. The Labute approximate surface area is 192 Å². The third-order valence-electron chi connectivity index (χ3n) is 5.07. The third kappa shape index (κ3) is 7.44. The van der Waals surface area contributed by atoms with Crippen LogP contribution in [0.1, 0.15) is 18.1 Å². The summed E-state index contributed by atoms with van der Waals surface area (Å²) in [5.74, 6) is 0. The lowest BCUT2D eigenvalue weighted by Crippen LogP contribution is -2.52. The molecule has 0 aliphatic carbocycles. The standard InChI is InChI=1S/C12H15F3N2O2S.C10H14N2O/c1-9-8-16-6-7-17(9)20(18,19)11-4-2-10(3-5-11)12(13,14)15;1-12(2)10-5-3-9(4-6-10)7-11-8-13/h2-5,9,16H,6-8H2,1H3;3-6,8H,7H2,1-2H3,(H,11,13). The van der Waals surface area contributed by atoms with Gasteiger partial charge in [0.1, 0.15) is 0 Å². The zero-order valence-electron chi connectivity index (χ0n) is 18.8. The van der Waals surface area contributed by atoms with Gasteiger partial charge in [-0.25, -0.2) is 8.42 Å². The Morgan fingerprint density at radius 1 is 1.12 bits per heavy atom. The molecule has 182 valence electrons. The molecule has 1 aliphatic heterocycles. The first kappa shape index (κ1) is 26.6. The van der Waals surface area contributed by atoms with Gasteiger partial charge in [-0.1, -0.05) is 12.1 Å². The lowest BCUT2D eigenvalue weighted by Gasteiger charge is -2.32. The number of piperazine rings is 1. The number of rotatable bonds is 6. The average molecular weight is 487 g/mol. The SMILES string of the molecule is CC1CNCCN1S(=O)(=O)c1ccc(C(F)(F)F)cc1.CN(C)c1ccc(CNC=O)cc1. The maximum absolute atomic E-state index is 12.5. The predicted molar refractivity (Wildman–Crippen MR) is 121 cm³/mol. The van der Waals surface area contributed by atoms with Crippen LogP contribution in [-0.2, 0) is 27.5 Å². The van der Waals surface area contributed by atoms with E-state index in [1.807, 2.05) is 43.3 Å². The summed E-state index contributed by atoms with van der Waals surface area (Å²) in [7, 11) is 0.250. The molecule has 1 unspecified atom stereocenters. The lowest BCUT2D eigenvalue weighted by molar-refractivity contribution is -0.137. The van der Waals surface area contributed by atoms with Gasteiger partial charge >= 0.3 is 6.18 Å². The van der Waals surface area contributed by atoms with Crippen molar-refractivity contribution in [3.63, 3.8) is 0 Å². The Bertz CT molecular complexity index is 995. The van der Waals surface area contributed by atoms with E-state index in [1.165, 1.54) is 4.31 Å². The predicted octanol–water partition coefficient (Wildman–Crippen LogP) is 2.69. The number of hydrogen-bond donors (Lipinski definition) is 2. The summed E-state index contributed by atoms with van der Waals surface area (Å²) in [6, 6.07) is 11.4. The van der Waals surface area contributed by atoms with Crippen LogP contribution in [-0.4, -0.2) is 58.9 Å². The van der Waals surface area contributed by atoms with Gasteiger partial charge in [0.15, 0.2) is 0 Å². The number of nitrogens with zero attached hydrogens (tertiary/aromatic N) is 2. The molecule has 0 aromatic heterocycles. The second-order valence-electron chi connectivity index (χ2n) is 7.75. The van der Waals surface area contributed by atoms with Gasteiger partial charge in [0.05, 0.1) is 10.5 Å². The van der Waals surface area contributed by atoms with Gasteiger partial charge in [-0.05, 0) is 48.9 Å². The Kier molecular flexibility index (Phi) is 9.26. The Hall–Kier alpha value is -2.63. The van der Waals surface area contributed by atoms with Crippen LogP contribution < -0.4 is 15.5 Å². The summed E-state index contributed by atoms with van der Waals surface area (Å²) in [6.07, 6.45) is -3.76. The maximum Gasteiger partial charge on any atom is 0.416 e. The molecule has 1 atom stereocenters. The lowest BCUT2D eigenvalue weighted by atomic mass is 10.2. The number of carbonyl (C=O) groups is 1. The number of nitrogens with one attached hydrogen (secondary N) is 2. The van der Waals surface area contributed by atoms with Crippen molar-refractivity contribution in [1.82, 2.24) is 14.9 Å². The smallest absolute Gasteiger partial charge is 0.378 e. The third-order valence-corrected chi connectivity index (χ3v) is 7.10. The van der Waals surface area contributed by atoms with Gasteiger partial charge in [0.25, 0.3) is 0 Å². The number of anilines is 1. The first-order valence-corrected chi connectivity index (χ1v) is 11.7. The van der Waals surface area contributed by atoms with E-state index >= 15 is 0 Å². The molecule has 2 aromatic rings. The summed E-state index contributed by atoms with van der Waals surface area (Å²) in [5, 5.41) is 5.68. The van der Waals surface area contributed by atoms with Crippen LogP contribution >= 0.6 is 0 Å². The highest BCUT2D eigenvalue weighted by Gasteiger charge is 2.33. The number of carbonyl (C=O) groups excluding carboxylic acids is 1. The number of hydrogen-bond acceptors (Lipinski definition) is 5. The number of halogens is 3. The van der Waals surface area contributed by atoms with Crippen molar-refractivity contribution in [3.05, 3.63) is 59.7 Å². The van der Waals surface area contributed by atoms with Crippen LogP contribution in [0.3, 0.4) is 0 Å². The van der Waals surface area contributed by atoms with Gasteiger partial charge in [-0.3, -0.25) is 4.79 Å². The molecule has 2 aromatic carbocycles. The van der Waals surface area contributed by atoms with E-state index in [1.54, 1.807) is 6.92 Å². The molecule has 1 amide bonds. The quantitative estimate of drug-likeness (QED) is 0.614. The van der Waals surface area contributed by atoms with Crippen molar-refractivity contribution in [2.45, 2.75) is 30.6 Å². The van der Waals surface area contributed by atoms with E-state index in [0.29, 0.717) is 32.6 Å². The molecule has 0 saturated carbocycles. The minimum Gasteiger partial charge on any atom is -0.378 e. The van der Waals surface area contributed by atoms with Crippen molar-refractivity contribution in [1.29, 1.82) is 0 Å². The molecule has 0 radical (unpaired) electrons. The van der Waals surface area contributed by atoms with Crippen LogP contribution in [0.15, 0.2) is 53.4 Å². The minimum atomic E-state index is -4.47. The summed E-state index contributed by atoms with van der Waals surface area (Å²) in [6.45, 7) is 3.72. The zero-order valence-corrected chi connectivity index (χ0v) is 19.6. The molecule has 0 spiro atoms. The molecule has 33 heavy (non-hydrogen) atoms. The first-order valence-electron chi connectivity index (χ1n) is 10.3. The van der Waals surface area contributed by atoms with Crippen molar-refractivity contribution in [3.8, 4) is 0 Å². The average Bonchev–Trinajstić information content (AvgIpc) is 2.78. The fraction of sp³-hybridized carbons (Fsp3) is 0.409. The monoisotopic (exact) mass is 486 g/mol. The highest BCUT2D eigenvalue weighted by atomic mass is 32.2. The molecular formula is C22H29F3N4O3S. The highest BCUT2D eigenvalue weighted by molar-refractivity contribution is 7.89. The van der Waals surface area contributed by atoms with Crippen molar-refractivity contribution >= 4 is 22.1 Å². The molecule has 0 bridgehead atoms. The van der Waals surface area contributed by atoms with E-state index < -0.39 is 21.8 Å². The summed E-state index contributed by atoms with van der Waals surface area (Å²) in [4.78, 5) is 12.0. The zero-order chi connectivity index (χ0) is 24.6. The number of alkyl halides is 3. The van der Waals surface area contributed by atoms with Gasteiger partial charge in [0.2, 0.25) is 16.4 Å². The van der Waals surface area contributed by atoms with Crippen LogP contribution in [0.5, 0.6) is 0 Å². The topological polar surface area (TPSA) is 81.8 Å². The van der Waals surface area contributed by atoms with Crippen molar-refractivity contribution in [2.75, 3.05) is 38.6 Å². The van der Waals surface area contributed by atoms with E-state index in [-0.39, 0.29) is 10.9 Å². The molecule has 1 aliphatic rings. The van der Waals surface area contributed by atoms with Crippen LogP contribution in [0.2, 0.25) is 0 Å². The van der Waals surface area contributed by atoms with Crippen molar-refractivity contribution in [2.24, 2.45) is 0 Å². The molecule has 1 fully saturated rings. The summed E-state index contributed by atoms with van der Waals surface area (Å²) < 4.78 is 63.5. The maximum atomic E-state index is 12.5. The Morgan fingerprint density at radius 2 is 1.73 bits per heavy atom. The van der Waals surface area contributed by atoms with E-state index in [4.69, 9.17) is 0 Å². The van der Waals surface area contributed by atoms with Gasteiger partial charge in [-0.15, -0.1) is 0 Å². The molecule has 7 nitrogen and oxygen atoms in total.